The number of rotatable bonds is 3. The van der Waals surface area contributed by atoms with Crippen LogP contribution in [-0.4, -0.2) is 34.7 Å². The third kappa shape index (κ3) is 1.52. The highest BCUT2D eigenvalue weighted by atomic mass is 17.0. The maximum Gasteiger partial charge on any atom is 0.323 e. The Bertz CT molecular complexity index is 480. The maximum absolute atomic E-state index is 12.4. The number of hydrogen-bond acceptors (Lipinski definition) is 5. The molecule has 2 heterocycles. The second-order valence-corrected chi connectivity index (χ2v) is 6.44. The van der Waals surface area contributed by atoms with Crippen molar-refractivity contribution < 1.29 is 30.3 Å². The number of carboxylic acids is 1. The van der Waals surface area contributed by atoms with Crippen LogP contribution in [0.1, 0.15) is 52.8 Å². The largest absolute Gasteiger partial charge is 0.480 e. The first-order valence-electron chi connectivity index (χ1n) is 7.37. The van der Waals surface area contributed by atoms with Gasteiger partial charge in [-0.15, -0.1) is 0 Å². The molecule has 0 aromatic heterocycles. The standard InChI is InChI=1S/C14H18O6.H2/c15-10(16)12(6-7-13-14(8-12,19-13)20-13)11(17)18-9-4-2-1-3-5-9;/h9H,1-8H2,(H,15,16);1H. The highest BCUT2D eigenvalue weighted by Gasteiger charge is 2.94. The van der Waals surface area contributed by atoms with Crippen molar-refractivity contribution in [1.82, 2.24) is 0 Å². The van der Waals surface area contributed by atoms with Gasteiger partial charge in [0.05, 0.1) is 0 Å². The summed E-state index contributed by atoms with van der Waals surface area (Å²) in [6, 6.07) is 0. The second kappa shape index (κ2) is 3.74. The molecule has 1 unspecified atom stereocenters. The molecule has 2 aliphatic carbocycles. The zero-order valence-corrected chi connectivity index (χ0v) is 11.2. The third-order valence-corrected chi connectivity index (χ3v) is 5.20. The van der Waals surface area contributed by atoms with Crippen molar-refractivity contribution in [2.24, 2.45) is 5.41 Å². The lowest BCUT2D eigenvalue weighted by Gasteiger charge is -2.30. The highest BCUT2D eigenvalue weighted by molar-refractivity contribution is 5.99. The molecule has 4 rings (SSSR count). The summed E-state index contributed by atoms with van der Waals surface area (Å²) in [4.78, 5) is 24.1. The summed E-state index contributed by atoms with van der Waals surface area (Å²) in [5.41, 5.74) is -1.49. The van der Waals surface area contributed by atoms with Gasteiger partial charge in [0.15, 0.2) is 5.41 Å². The molecule has 2 saturated carbocycles. The molecular formula is C14H20O6. The SMILES string of the molecule is O=C(O)C1(C(=O)OC2CCCCC2)CCC23OC2(C1)O3.[HH]. The van der Waals surface area contributed by atoms with Crippen molar-refractivity contribution in [3.63, 3.8) is 0 Å². The average Bonchev–Trinajstić information content (AvgIpc) is 3.24. The topological polar surface area (TPSA) is 88.7 Å². The van der Waals surface area contributed by atoms with Gasteiger partial charge in [0.1, 0.15) is 6.10 Å². The van der Waals surface area contributed by atoms with Gasteiger partial charge in [-0.2, -0.15) is 0 Å². The van der Waals surface area contributed by atoms with E-state index in [9.17, 15) is 14.7 Å². The van der Waals surface area contributed by atoms with Crippen LogP contribution in [0.3, 0.4) is 0 Å². The highest BCUT2D eigenvalue weighted by Crippen LogP contribution is 2.77. The first-order chi connectivity index (χ1) is 9.52. The summed E-state index contributed by atoms with van der Waals surface area (Å²) >= 11 is 0. The molecule has 2 saturated heterocycles. The van der Waals surface area contributed by atoms with Crippen LogP contribution >= 0.6 is 0 Å². The molecule has 0 aromatic rings. The van der Waals surface area contributed by atoms with Gasteiger partial charge in [0.2, 0.25) is 11.6 Å². The number of esters is 1. The minimum Gasteiger partial charge on any atom is -0.480 e. The lowest BCUT2D eigenvalue weighted by atomic mass is 9.74. The Balaban J connectivity index is 0.00000132. The molecule has 20 heavy (non-hydrogen) atoms. The summed E-state index contributed by atoms with van der Waals surface area (Å²) in [6.45, 7) is 0. The lowest BCUT2D eigenvalue weighted by molar-refractivity contribution is -0.177. The van der Waals surface area contributed by atoms with E-state index in [1.54, 1.807) is 0 Å². The molecule has 0 amide bonds. The summed E-state index contributed by atoms with van der Waals surface area (Å²) in [7, 11) is 0. The summed E-state index contributed by atoms with van der Waals surface area (Å²) in [5, 5.41) is 9.54. The molecule has 112 valence electrons. The fourth-order valence-electron chi connectivity index (χ4n) is 3.74. The van der Waals surface area contributed by atoms with Crippen LogP contribution in [0.5, 0.6) is 0 Å². The number of carbonyl (C=O) groups excluding carboxylic acids is 1. The Morgan fingerprint density at radius 1 is 1.10 bits per heavy atom. The van der Waals surface area contributed by atoms with E-state index in [4.69, 9.17) is 14.2 Å². The molecule has 0 spiro atoms. The number of ether oxygens (including phenoxy) is 3. The van der Waals surface area contributed by atoms with E-state index in [1.165, 1.54) is 0 Å². The molecule has 4 fully saturated rings. The number of epoxide rings is 2. The van der Waals surface area contributed by atoms with Crippen molar-refractivity contribution >= 4 is 11.9 Å². The van der Waals surface area contributed by atoms with Crippen molar-refractivity contribution in [2.45, 2.75) is 69.0 Å². The smallest absolute Gasteiger partial charge is 0.323 e. The molecule has 4 aliphatic rings. The van der Waals surface area contributed by atoms with Gasteiger partial charge >= 0.3 is 11.9 Å². The number of carboxylic acid groups (broad SMARTS) is 1. The molecule has 0 radical (unpaired) electrons. The molecule has 0 bridgehead atoms. The van der Waals surface area contributed by atoms with Crippen LogP contribution in [0.25, 0.3) is 0 Å². The van der Waals surface area contributed by atoms with E-state index in [0.29, 0.717) is 6.42 Å². The number of aliphatic carboxylic acids is 1. The van der Waals surface area contributed by atoms with Crippen LogP contribution in [0.4, 0.5) is 0 Å². The van der Waals surface area contributed by atoms with E-state index in [2.05, 4.69) is 0 Å². The maximum atomic E-state index is 12.4. The van der Waals surface area contributed by atoms with E-state index < -0.39 is 28.9 Å². The molecule has 1 atom stereocenters. The van der Waals surface area contributed by atoms with E-state index in [1.807, 2.05) is 0 Å². The van der Waals surface area contributed by atoms with Crippen LogP contribution in [0, 0.1) is 5.41 Å². The zero-order chi connectivity index (χ0) is 14.0. The van der Waals surface area contributed by atoms with Gasteiger partial charge in [0, 0.05) is 14.3 Å². The van der Waals surface area contributed by atoms with Gasteiger partial charge in [-0.05, 0) is 32.1 Å². The lowest BCUT2D eigenvalue weighted by Crippen LogP contribution is -2.45. The molecule has 2 aliphatic heterocycles. The first-order valence-corrected chi connectivity index (χ1v) is 7.37. The fourth-order valence-corrected chi connectivity index (χ4v) is 3.74. The first kappa shape index (κ1) is 12.6. The monoisotopic (exact) mass is 284 g/mol. The third-order valence-electron chi connectivity index (χ3n) is 5.20. The van der Waals surface area contributed by atoms with Crippen LogP contribution in [0.15, 0.2) is 0 Å². The minimum absolute atomic E-state index is 0. The van der Waals surface area contributed by atoms with Crippen molar-refractivity contribution in [1.29, 1.82) is 0 Å². The van der Waals surface area contributed by atoms with Crippen molar-refractivity contribution in [3.8, 4) is 0 Å². The fraction of sp³-hybridized carbons (Fsp3) is 0.857. The molecule has 1 N–H and O–H groups in total. The minimum atomic E-state index is -1.49. The van der Waals surface area contributed by atoms with E-state index in [-0.39, 0.29) is 20.4 Å². The zero-order valence-electron chi connectivity index (χ0n) is 11.2. The molecule has 6 nitrogen and oxygen atoms in total. The number of hydrogen-bond donors (Lipinski definition) is 1. The Labute approximate surface area is 117 Å². The Hall–Kier alpha value is -1.14. The Morgan fingerprint density at radius 3 is 2.40 bits per heavy atom. The predicted octanol–water partition coefficient (Wildman–Crippen LogP) is 1.82. The van der Waals surface area contributed by atoms with Gasteiger partial charge in [0.25, 0.3) is 0 Å². The second-order valence-electron chi connectivity index (χ2n) is 6.44. The van der Waals surface area contributed by atoms with Gasteiger partial charge < -0.3 is 19.3 Å². The van der Waals surface area contributed by atoms with Crippen molar-refractivity contribution in [3.05, 3.63) is 0 Å². The van der Waals surface area contributed by atoms with Gasteiger partial charge in [-0.25, -0.2) is 0 Å². The van der Waals surface area contributed by atoms with E-state index in [0.717, 1.165) is 32.1 Å². The quantitative estimate of drug-likeness (QED) is 0.483. The predicted molar refractivity (Wildman–Crippen MR) is 66.6 cm³/mol. The van der Waals surface area contributed by atoms with E-state index >= 15 is 0 Å². The Kier molecular flexibility index (Phi) is 2.35. The Morgan fingerprint density at radius 2 is 1.80 bits per heavy atom. The van der Waals surface area contributed by atoms with Crippen molar-refractivity contribution in [2.75, 3.05) is 0 Å². The molecule has 0 aromatic carbocycles. The number of carbonyl (C=O) groups is 2. The average molecular weight is 284 g/mol. The van der Waals surface area contributed by atoms with Gasteiger partial charge in [-0.1, -0.05) is 6.42 Å². The molecular weight excluding hydrogens is 264 g/mol. The molecule has 6 heteroatoms. The van der Waals surface area contributed by atoms with Crippen LogP contribution in [0.2, 0.25) is 0 Å². The summed E-state index contributed by atoms with van der Waals surface area (Å²) < 4.78 is 16.3. The van der Waals surface area contributed by atoms with Crippen LogP contribution < -0.4 is 0 Å². The van der Waals surface area contributed by atoms with Crippen LogP contribution in [-0.2, 0) is 23.8 Å². The summed E-state index contributed by atoms with van der Waals surface area (Å²) in [6.07, 6.45) is 5.56. The normalized spacial score (nSPS) is 46.0. The van der Waals surface area contributed by atoms with Gasteiger partial charge in [-0.3, -0.25) is 9.59 Å². The summed E-state index contributed by atoms with van der Waals surface area (Å²) in [5.74, 6) is -3.08.